The molecular formula is C14H17Cl2N. The lowest BCUT2D eigenvalue weighted by Crippen LogP contribution is -2.35. The van der Waals surface area contributed by atoms with E-state index in [1.54, 1.807) is 0 Å². The topological polar surface area (TPSA) is 3.24 Å². The van der Waals surface area contributed by atoms with Crippen LogP contribution < -0.4 is 0 Å². The van der Waals surface area contributed by atoms with Gasteiger partial charge in [-0.2, -0.15) is 0 Å². The van der Waals surface area contributed by atoms with Crippen LogP contribution in [0.3, 0.4) is 0 Å². The summed E-state index contributed by atoms with van der Waals surface area (Å²) >= 11 is 12.3. The molecule has 2 atom stereocenters. The normalized spacial score (nSPS) is 29.3. The van der Waals surface area contributed by atoms with Crippen LogP contribution in [0.1, 0.15) is 43.7 Å². The number of rotatable bonds is 1. The zero-order valence-electron chi connectivity index (χ0n) is 9.83. The Hall–Kier alpha value is -0.240. The lowest BCUT2D eigenvalue weighted by molar-refractivity contribution is 0.150. The Labute approximate surface area is 113 Å². The molecule has 2 fully saturated rings. The van der Waals surface area contributed by atoms with Gasteiger partial charge in [0.1, 0.15) is 0 Å². The van der Waals surface area contributed by atoms with E-state index in [9.17, 15) is 0 Å². The van der Waals surface area contributed by atoms with Gasteiger partial charge in [-0.3, -0.25) is 4.90 Å². The predicted octanol–water partition coefficient (Wildman–Crippen LogP) is 4.68. The molecule has 0 N–H and O–H groups in total. The van der Waals surface area contributed by atoms with E-state index in [2.05, 4.69) is 11.0 Å². The van der Waals surface area contributed by atoms with Crippen LogP contribution in [-0.2, 0) is 0 Å². The summed E-state index contributed by atoms with van der Waals surface area (Å²) in [7, 11) is 0. The van der Waals surface area contributed by atoms with Crippen LogP contribution in [0.25, 0.3) is 0 Å². The molecule has 0 saturated carbocycles. The largest absolute Gasteiger partial charge is 0.293 e. The number of hydrogen-bond acceptors (Lipinski definition) is 1. The van der Waals surface area contributed by atoms with Crippen molar-refractivity contribution in [2.24, 2.45) is 0 Å². The summed E-state index contributed by atoms with van der Waals surface area (Å²) in [6.07, 6.45) is 6.65. The molecule has 17 heavy (non-hydrogen) atoms. The first-order chi connectivity index (χ1) is 8.25. The van der Waals surface area contributed by atoms with Crippen molar-refractivity contribution in [3.05, 3.63) is 33.8 Å². The van der Waals surface area contributed by atoms with Crippen molar-refractivity contribution in [3.63, 3.8) is 0 Å². The van der Waals surface area contributed by atoms with Crippen molar-refractivity contribution in [1.29, 1.82) is 0 Å². The van der Waals surface area contributed by atoms with Gasteiger partial charge < -0.3 is 0 Å². The van der Waals surface area contributed by atoms with Gasteiger partial charge in [0.25, 0.3) is 0 Å². The average molecular weight is 270 g/mol. The van der Waals surface area contributed by atoms with Crippen LogP contribution in [0, 0.1) is 0 Å². The minimum absolute atomic E-state index is 0.519. The summed E-state index contributed by atoms with van der Waals surface area (Å²) in [5.41, 5.74) is 1.26. The zero-order valence-corrected chi connectivity index (χ0v) is 11.3. The van der Waals surface area contributed by atoms with E-state index in [-0.39, 0.29) is 0 Å². The summed E-state index contributed by atoms with van der Waals surface area (Å²) in [6, 6.07) is 7.24. The standard InChI is InChI=1S/C14H17Cl2N/c15-10-4-6-12(13(16)9-10)14-7-5-11-3-1-2-8-17(11)14/h4,6,9,11,14H,1-3,5,7-8H2/t11-,14-/m0/s1. The van der Waals surface area contributed by atoms with Gasteiger partial charge in [-0.1, -0.05) is 35.7 Å². The smallest absolute Gasteiger partial charge is 0.0468 e. The monoisotopic (exact) mass is 269 g/mol. The summed E-state index contributed by atoms with van der Waals surface area (Å²) in [5, 5.41) is 1.56. The summed E-state index contributed by atoms with van der Waals surface area (Å²) in [5.74, 6) is 0. The third-order valence-electron chi connectivity index (χ3n) is 4.17. The molecule has 0 aromatic heterocycles. The highest BCUT2D eigenvalue weighted by atomic mass is 35.5. The van der Waals surface area contributed by atoms with Gasteiger partial charge in [-0.15, -0.1) is 0 Å². The molecule has 2 heterocycles. The predicted molar refractivity (Wildman–Crippen MR) is 72.8 cm³/mol. The van der Waals surface area contributed by atoms with Gasteiger partial charge in [0.15, 0.2) is 0 Å². The van der Waals surface area contributed by atoms with E-state index in [0.717, 1.165) is 16.1 Å². The number of halogens is 2. The number of piperidine rings is 1. The Bertz CT molecular complexity index is 419. The van der Waals surface area contributed by atoms with Crippen LogP contribution in [0.15, 0.2) is 18.2 Å². The second-order valence-electron chi connectivity index (χ2n) is 5.15. The molecule has 2 aliphatic rings. The lowest BCUT2D eigenvalue weighted by atomic mass is 10.0. The first-order valence-electron chi connectivity index (χ1n) is 6.46. The Morgan fingerprint density at radius 3 is 2.76 bits per heavy atom. The van der Waals surface area contributed by atoms with Crippen LogP contribution in [0.2, 0.25) is 10.0 Å². The first-order valence-corrected chi connectivity index (χ1v) is 7.22. The van der Waals surface area contributed by atoms with Crippen molar-refractivity contribution in [1.82, 2.24) is 4.90 Å². The van der Waals surface area contributed by atoms with Crippen molar-refractivity contribution < 1.29 is 0 Å². The third kappa shape index (κ3) is 2.21. The second-order valence-corrected chi connectivity index (χ2v) is 5.99. The maximum atomic E-state index is 6.33. The molecule has 0 spiro atoms. The molecule has 0 aliphatic carbocycles. The van der Waals surface area contributed by atoms with E-state index in [1.165, 1.54) is 44.2 Å². The van der Waals surface area contributed by atoms with Crippen molar-refractivity contribution in [3.8, 4) is 0 Å². The molecule has 0 unspecified atom stereocenters. The average Bonchev–Trinajstić information content (AvgIpc) is 2.73. The Morgan fingerprint density at radius 1 is 1.06 bits per heavy atom. The van der Waals surface area contributed by atoms with Gasteiger partial charge >= 0.3 is 0 Å². The van der Waals surface area contributed by atoms with E-state index < -0.39 is 0 Å². The molecule has 3 heteroatoms. The van der Waals surface area contributed by atoms with Gasteiger partial charge in [0.2, 0.25) is 0 Å². The van der Waals surface area contributed by atoms with Crippen molar-refractivity contribution in [2.45, 2.75) is 44.2 Å². The van der Waals surface area contributed by atoms with E-state index in [0.29, 0.717) is 6.04 Å². The number of fused-ring (bicyclic) bond motifs is 1. The van der Waals surface area contributed by atoms with Gasteiger partial charge in [-0.25, -0.2) is 0 Å². The van der Waals surface area contributed by atoms with Crippen molar-refractivity contribution >= 4 is 23.2 Å². The Balaban J connectivity index is 1.88. The van der Waals surface area contributed by atoms with Gasteiger partial charge in [-0.05, 0) is 49.9 Å². The second kappa shape index (κ2) is 4.79. The quantitative estimate of drug-likeness (QED) is 0.716. The molecule has 0 radical (unpaired) electrons. The van der Waals surface area contributed by atoms with E-state index >= 15 is 0 Å². The SMILES string of the molecule is Clc1ccc([C@@H]2CC[C@@H]3CCCCN32)c(Cl)c1. The highest BCUT2D eigenvalue weighted by Crippen LogP contribution is 2.42. The molecule has 3 rings (SSSR count). The molecule has 1 nitrogen and oxygen atoms in total. The van der Waals surface area contributed by atoms with Crippen LogP contribution in [0.5, 0.6) is 0 Å². The highest BCUT2D eigenvalue weighted by Gasteiger charge is 2.36. The lowest BCUT2D eigenvalue weighted by Gasteiger charge is -2.34. The summed E-state index contributed by atoms with van der Waals surface area (Å²) in [6.45, 7) is 1.23. The Morgan fingerprint density at radius 2 is 1.94 bits per heavy atom. The van der Waals surface area contributed by atoms with Crippen molar-refractivity contribution in [2.75, 3.05) is 6.54 Å². The molecule has 2 aliphatic heterocycles. The molecule has 0 amide bonds. The van der Waals surface area contributed by atoms with Gasteiger partial charge in [0.05, 0.1) is 0 Å². The zero-order chi connectivity index (χ0) is 11.8. The van der Waals surface area contributed by atoms with E-state index in [4.69, 9.17) is 23.2 Å². The molecule has 92 valence electrons. The first kappa shape index (κ1) is 11.8. The van der Waals surface area contributed by atoms with Crippen LogP contribution in [0.4, 0.5) is 0 Å². The van der Waals surface area contributed by atoms with Crippen LogP contribution in [-0.4, -0.2) is 17.5 Å². The molecular weight excluding hydrogens is 253 g/mol. The molecule has 2 saturated heterocycles. The fraction of sp³-hybridized carbons (Fsp3) is 0.571. The fourth-order valence-corrected chi connectivity index (χ4v) is 3.90. The van der Waals surface area contributed by atoms with E-state index in [1.807, 2.05) is 12.1 Å². The summed E-state index contributed by atoms with van der Waals surface area (Å²) < 4.78 is 0. The number of benzene rings is 1. The molecule has 1 aromatic carbocycles. The maximum absolute atomic E-state index is 6.33. The minimum Gasteiger partial charge on any atom is -0.293 e. The van der Waals surface area contributed by atoms with Crippen LogP contribution >= 0.6 is 23.2 Å². The van der Waals surface area contributed by atoms with Gasteiger partial charge in [0, 0.05) is 22.1 Å². The Kier molecular flexibility index (Phi) is 3.34. The third-order valence-corrected chi connectivity index (χ3v) is 4.73. The molecule has 1 aromatic rings. The fourth-order valence-electron chi connectivity index (χ4n) is 3.37. The molecule has 0 bridgehead atoms. The maximum Gasteiger partial charge on any atom is 0.0468 e. The highest BCUT2D eigenvalue weighted by molar-refractivity contribution is 6.35. The minimum atomic E-state index is 0.519. The number of nitrogens with zero attached hydrogens (tertiary/aromatic N) is 1. The number of hydrogen-bond donors (Lipinski definition) is 0. The summed E-state index contributed by atoms with van der Waals surface area (Å²) in [4.78, 5) is 2.65.